The van der Waals surface area contributed by atoms with Gasteiger partial charge in [-0.2, -0.15) is 0 Å². The van der Waals surface area contributed by atoms with Crippen LogP contribution in [0.15, 0.2) is 47.9 Å². The van der Waals surface area contributed by atoms with Crippen LogP contribution in [0, 0.1) is 0 Å². The van der Waals surface area contributed by atoms with Crippen LogP contribution in [-0.4, -0.2) is 51.1 Å². The molecule has 0 saturated carbocycles. The number of benzene rings is 1. The highest BCUT2D eigenvalue weighted by molar-refractivity contribution is 6.54. The molecule has 0 atom stereocenters. The van der Waals surface area contributed by atoms with Gasteiger partial charge in [0.15, 0.2) is 5.71 Å². The Hall–Kier alpha value is -3.33. The molecule has 1 N–H and O–H groups in total. The molecule has 0 aliphatic carbocycles. The number of nitrogens with zero attached hydrogens (tertiary/aromatic N) is 5. The molecule has 30 heavy (non-hydrogen) atoms. The first-order valence-electron chi connectivity index (χ1n) is 9.81. The van der Waals surface area contributed by atoms with Crippen molar-refractivity contribution in [2.75, 3.05) is 24.8 Å². The maximum absolute atomic E-state index is 13.1. The maximum Gasteiger partial charge on any atom is 0.281 e. The number of rotatable bonds is 9. The molecule has 1 aliphatic heterocycles. The average molecular weight is 411 g/mol. The predicted octanol–water partition coefficient (Wildman–Crippen LogP) is 2.44. The van der Waals surface area contributed by atoms with Gasteiger partial charge in [-0.3, -0.25) is 14.7 Å². The number of para-hydroxylation sites is 2. The van der Waals surface area contributed by atoms with Crippen molar-refractivity contribution in [2.45, 2.75) is 25.9 Å². The van der Waals surface area contributed by atoms with Crippen LogP contribution in [0.3, 0.4) is 0 Å². The van der Waals surface area contributed by atoms with Crippen LogP contribution in [0.5, 0.6) is 0 Å². The molecule has 0 spiro atoms. The summed E-state index contributed by atoms with van der Waals surface area (Å²) in [5.74, 6) is 0.383. The van der Waals surface area contributed by atoms with Crippen LogP contribution in [-0.2, 0) is 22.7 Å². The third-order valence-electron chi connectivity index (χ3n) is 4.94. The summed E-state index contributed by atoms with van der Waals surface area (Å²) in [6.45, 7) is 0.143. The Morgan fingerprint density at radius 2 is 2.07 bits per heavy atom. The van der Waals surface area contributed by atoms with Crippen LogP contribution < -0.4 is 4.90 Å². The highest BCUT2D eigenvalue weighted by Crippen LogP contribution is 2.30. The summed E-state index contributed by atoms with van der Waals surface area (Å²) in [7, 11) is 0. The van der Waals surface area contributed by atoms with Crippen molar-refractivity contribution in [2.24, 2.45) is 5.16 Å². The van der Waals surface area contributed by atoms with E-state index in [-0.39, 0.29) is 31.4 Å². The molecule has 9 heteroatoms. The van der Waals surface area contributed by atoms with Crippen LogP contribution in [0.25, 0.3) is 11.0 Å². The Kier molecular flexibility index (Phi) is 5.99. The second kappa shape index (κ2) is 9.00. The van der Waals surface area contributed by atoms with Gasteiger partial charge >= 0.3 is 0 Å². The normalized spacial score (nSPS) is 14.7. The number of aliphatic hydroxyl groups excluding tert-OH is 1. The number of unbranched alkanes of at least 4 members (excludes halogenated alkanes) is 1. The fraction of sp³-hybridized carbons (Fsp3) is 0.333. The van der Waals surface area contributed by atoms with Crippen molar-refractivity contribution >= 4 is 28.3 Å². The molecular formula is C21H22FN5O3. The number of aryl methyl sites for hydroxylation is 1. The van der Waals surface area contributed by atoms with Gasteiger partial charge in [0, 0.05) is 24.9 Å². The summed E-state index contributed by atoms with van der Waals surface area (Å²) < 4.78 is 14.4. The Morgan fingerprint density at radius 1 is 1.20 bits per heavy atom. The number of alkyl halides is 1. The average Bonchev–Trinajstić information content (AvgIpc) is 3.25. The Labute approximate surface area is 172 Å². The van der Waals surface area contributed by atoms with Crippen molar-refractivity contribution in [1.82, 2.24) is 14.5 Å². The van der Waals surface area contributed by atoms with Crippen molar-refractivity contribution in [3.63, 3.8) is 0 Å². The number of carbonyl (C=O) groups is 1. The monoisotopic (exact) mass is 411 g/mol. The van der Waals surface area contributed by atoms with Gasteiger partial charge in [0.1, 0.15) is 19.1 Å². The third kappa shape index (κ3) is 3.76. The molecule has 8 nitrogen and oxygen atoms in total. The van der Waals surface area contributed by atoms with Gasteiger partial charge in [-0.15, -0.1) is 0 Å². The zero-order chi connectivity index (χ0) is 20.9. The van der Waals surface area contributed by atoms with E-state index in [1.807, 2.05) is 24.3 Å². The molecule has 0 saturated heterocycles. The first-order chi connectivity index (χ1) is 14.7. The van der Waals surface area contributed by atoms with Gasteiger partial charge in [0.05, 0.1) is 29.5 Å². The lowest BCUT2D eigenvalue weighted by molar-refractivity contribution is -0.112. The summed E-state index contributed by atoms with van der Waals surface area (Å²) in [5.41, 5.74) is 3.15. The fourth-order valence-electron chi connectivity index (χ4n) is 3.56. The molecule has 3 heterocycles. The Balaban J connectivity index is 1.68. The number of hydrogen-bond donors (Lipinski definition) is 1. The quantitative estimate of drug-likeness (QED) is 0.431. The lowest BCUT2D eigenvalue weighted by Gasteiger charge is -2.17. The van der Waals surface area contributed by atoms with Gasteiger partial charge in [-0.25, -0.2) is 9.37 Å². The number of imidazole rings is 1. The number of pyridine rings is 1. The number of anilines is 1. The molecule has 0 fully saturated rings. The topological polar surface area (TPSA) is 92.8 Å². The van der Waals surface area contributed by atoms with Gasteiger partial charge in [-0.1, -0.05) is 17.3 Å². The molecule has 0 unspecified atom stereocenters. The van der Waals surface area contributed by atoms with Gasteiger partial charge in [-0.05, 0) is 31.0 Å². The number of fused-ring (bicyclic) bond motifs is 2. The Morgan fingerprint density at radius 3 is 2.90 bits per heavy atom. The number of oxime groups is 1. The molecule has 3 aromatic rings. The second-order valence-corrected chi connectivity index (χ2v) is 6.85. The molecule has 2 aromatic heterocycles. The maximum atomic E-state index is 13.1. The van der Waals surface area contributed by atoms with Crippen LogP contribution in [0.1, 0.15) is 24.2 Å². The third-order valence-corrected chi connectivity index (χ3v) is 4.94. The van der Waals surface area contributed by atoms with Crippen LogP contribution in [0.2, 0.25) is 0 Å². The fourth-order valence-corrected chi connectivity index (χ4v) is 3.56. The summed E-state index contributed by atoms with van der Waals surface area (Å²) in [5, 5.41) is 13.0. The SMILES string of the molecule is O=C1/C(=N\OCCF)c2ccncc2N1Cc1nc2ccccc2n1CCCCO. The van der Waals surface area contributed by atoms with E-state index in [0.717, 1.165) is 23.3 Å². The number of amides is 1. The van der Waals surface area contributed by atoms with Gasteiger partial charge in [0.25, 0.3) is 5.91 Å². The van der Waals surface area contributed by atoms with E-state index in [4.69, 9.17) is 14.9 Å². The standard InChI is InChI=1S/C21H22FN5O3/c22-8-12-30-25-20-15-7-9-23-13-18(15)27(21(20)29)14-19-24-16-5-1-2-6-17(16)26(19)10-3-4-11-28/h1-2,5-7,9,13,28H,3-4,8,10-12,14H2/b25-20-. The highest BCUT2D eigenvalue weighted by Gasteiger charge is 2.36. The molecule has 156 valence electrons. The summed E-state index contributed by atoms with van der Waals surface area (Å²) >= 11 is 0. The van der Waals surface area contributed by atoms with Crippen molar-refractivity contribution in [1.29, 1.82) is 0 Å². The van der Waals surface area contributed by atoms with Gasteiger partial charge in [0.2, 0.25) is 0 Å². The van der Waals surface area contributed by atoms with E-state index >= 15 is 0 Å². The summed E-state index contributed by atoms with van der Waals surface area (Å²) in [4.78, 5) is 28.4. The minimum absolute atomic E-state index is 0.129. The number of hydrogen-bond acceptors (Lipinski definition) is 6. The largest absolute Gasteiger partial charge is 0.396 e. The van der Waals surface area contributed by atoms with E-state index in [1.54, 1.807) is 23.4 Å². The number of aliphatic hydroxyl groups is 1. The summed E-state index contributed by atoms with van der Waals surface area (Å²) in [6, 6.07) is 9.48. The first-order valence-corrected chi connectivity index (χ1v) is 9.81. The van der Waals surface area contributed by atoms with E-state index in [1.165, 1.54) is 0 Å². The smallest absolute Gasteiger partial charge is 0.281 e. The molecule has 1 aliphatic rings. The lowest BCUT2D eigenvalue weighted by Crippen LogP contribution is -2.31. The summed E-state index contributed by atoms with van der Waals surface area (Å²) in [6.07, 6.45) is 4.65. The number of halogens is 1. The van der Waals surface area contributed by atoms with E-state index in [0.29, 0.717) is 24.2 Å². The van der Waals surface area contributed by atoms with E-state index < -0.39 is 6.67 Å². The minimum Gasteiger partial charge on any atom is -0.396 e. The number of aromatic nitrogens is 3. The Bertz CT molecular complexity index is 1080. The van der Waals surface area contributed by atoms with Crippen LogP contribution >= 0.6 is 0 Å². The molecule has 0 bridgehead atoms. The predicted molar refractivity (Wildman–Crippen MR) is 110 cm³/mol. The zero-order valence-corrected chi connectivity index (χ0v) is 16.4. The van der Waals surface area contributed by atoms with Crippen molar-refractivity contribution in [3.05, 3.63) is 54.1 Å². The minimum atomic E-state index is -0.685. The van der Waals surface area contributed by atoms with Crippen molar-refractivity contribution < 1.29 is 19.1 Å². The van der Waals surface area contributed by atoms with Crippen molar-refractivity contribution in [3.8, 4) is 0 Å². The van der Waals surface area contributed by atoms with Crippen LogP contribution in [0.4, 0.5) is 10.1 Å². The molecule has 1 amide bonds. The molecule has 1 aromatic carbocycles. The number of carbonyl (C=O) groups excluding carboxylic acids is 1. The lowest BCUT2D eigenvalue weighted by atomic mass is 10.2. The van der Waals surface area contributed by atoms with E-state index in [9.17, 15) is 9.18 Å². The second-order valence-electron chi connectivity index (χ2n) is 6.85. The highest BCUT2D eigenvalue weighted by atomic mass is 19.1. The molecule has 0 radical (unpaired) electrons. The van der Waals surface area contributed by atoms with E-state index in [2.05, 4.69) is 14.7 Å². The molecule has 4 rings (SSSR count). The molecular weight excluding hydrogens is 389 g/mol. The first kappa shape index (κ1) is 20.0. The van der Waals surface area contributed by atoms with Gasteiger partial charge < -0.3 is 14.5 Å². The zero-order valence-electron chi connectivity index (χ0n) is 16.4.